The smallest absolute Gasteiger partial charge is 0.0159 e. The molecule has 3 nitrogen and oxygen atoms in total. The van der Waals surface area contributed by atoms with Crippen molar-refractivity contribution in [1.82, 2.24) is 9.88 Å². The number of hydrogen-bond acceptors (Lipinski definition) is 2. The largest absolute Gasteiger partial charge is 0.365 e. The van der Waals surface area contributed by atoms with Crippen LogP contribution in [0, 0.1) is 5.92 Å². The molecule has 0 radical (unpaired) electrons. The number of rotatable bonds is 7. The number of likely N-dealkylation sites (N-methyl/N-ethyl adjacent to an activating group) is 1. The van der Waals surface area contributed by atoms with Gasteiger partial charge < -0.3 is 15.6 Å². The molecule has 86 valence electrons. The predicted molar refractivity (Wildman–Crippen MR) is 64.8 cm³/mol. The van der Waals surface area contributed by atoms with Crippen molar-refractivity contribution < 1.29 is 0 Å². The number of nitrogens with zero attached hydrogens (tertiary/aromatic N) is 1. The van der Waals surface area contributed by atoms with Gasteiger partial charge in [0.05, 0.1) is 0 Å². The number of H-pyrrole nitrogens is 1. The molecule has 1 heterocycles. The van der Waals surface area contributed by atoms with Crippen LogP contribution in [0.15, 0.2) is 18.3 Å². The molecule has 0 spiro atoms. The molecule has 1 aromatic rings. The fourth-order valence-electron chi connectivity index (χ4n) is 1.74. The summed E-state index contributed by atoms with van der Waals surface area (Å²) < 4.78 is 0. The minimum Gasteiger partial charge on any atom is -0.365 e. The lowest BCUT2D eigenvalue weighted by Crippen LogP contribution is -2.31. The first-order valence-electron chi connectivity index (χ1n) is 5.77. The van der Waals surface area contributed by atoms with Gasteiger partial charge in [0.1, 0.15) is 0 Å². The van der Waals surface area contributed by atoms with Crippen LogP contribution in [0.1, 0.15) is 19.0 Å². The maximum atomic E-state index is 5.69. The van der Waals surface area contributed by atoms with Crippen LogP contribution in [-0.4, -0.2) is 36.6 Å². The van der Waals surface area contributed by atoms with Crippen LogP contribution in [0.2, 0.25) is 0 Å². The number of hydrogen-bond donors (Lipinski definition) is 2. The summed E-state index contributed by atoms with van der Waals surface area (Å²) in [4.78, 5) is 5.59. The first-order chi connectivity index (χ1) is 7.26. The van der Waals surface area contributed by atoms with Gasteiger partial charge >= 0.3 is 0 Å². The summed E-state index contributed by atoms with van der Waals surface area (Å²) in [5, 5.41) is 0. The van der Waals surface area contributed by atoms with Crippen molar-refractivity contribution >= 4 is 0 Å². The molecule has 0 aliphatic heterocycles. The molecule has 3 heteroatoms. The molecule has 0 amide bonds. The molecule has 0 fully saturated rings. The van der Waals surface area contributed by atoms with Crippen molar-refractivity contribution in [2.45, 2.75) is 19.8 Å². The molecular weight excluding hydrogens is 186 g/mol. The average Bonchev–Trinajstić information content (AvgIpc) is 2.75. The lowest BCUT2D eigenvalue weighted by molar-refractivity contribution is 0.277. The maximum Gasteiger partial charge on any atom is 0.0159 e. The summed E-state index contributed by atoms with van der Waals surface area (Å²) in [5.74, 6) is 0.638. The molecule has 1 unspecified atom stereocenters. The summed E-state index contributed by atoms with van der Waals surface area (Å²) in [5.41, 5.74) is 7.00. The van der Waals surface area contributed by atoms with E-state index in [-0.39, 0.29) is 0 Å². The van der Waals surface area contributed by atoms with Crippen molar-refractivity contribution in [3.8, 4) is 0 Å². The molecule has 15 heavy (non-hydrogen) atoms. The zero-order valence-corrected chi connectivity index (χ0v) is 9.87. The van der Waals surface area contributed by atoms with Gasteiger partial charge in [-0.1, -0.05) is 13.3 Å². The Hall–Kier alpha value is -0.800. The highest BCUT2D eigenvalue weighted by Gasteiger charge is 2.07. The summed E-state index contributed by atoms with van der Waals surface area (Å²) in [6.07, 6.45) is 4.23. The third-order valence-electron chi connectivity index (χ3n) is 2.91. The molecule has 1 atom stereocenters. The molecular formula is C12H23N3. The van der Waals surface area contributed by atoms with E-state index in [1.807, 2.05) is 12.3 Å². The van der Waals surface area contributed by atoms with Crippen LogP contribution in [0.4, 0.5) is 0 Å². The third-order valence-corrected chi connectivity index (χ3v) is 2.91. The van der Waals surface area contributed by atoms with Crippen molar-refractivity contribution in [2.75, 3.05) is 26.7 Å². The molecule has 3 N–H and O–H groups in total. The zero-order valence-electron chi connectivity index (χ0n) is 9.87. The van der Waals surface area contributed by atoms with Gasteiger partial charge in [-0.25, -0.2) is 0 Å². The van der Waals surface area contributed by atoms with Crippen LogP contribution < -0.4 is 5.73 Å². The molecule has 0 saturated heterocycles. The fraction of sp³-hybridized carbons (Fsp3) is 0.667. The lowest BCUT2D eigenvalue weighted by Gasteiger charge is -2.21. The van der Waals surface area contributed by atoms with Crippen LogP contribution in [0.3, 0.4) is 0 Å². The van der Waals surface area contributed by atoms with Gasteiger partial charge in [-0.05, 0) is 31.6 Å². The second-order valence-electron chi connectivity index (χ2n) is 4.22. The molecule has 0 aromatic carbocycles. The Kier molecular flexibility index (Phi) is 5.43. The second kappa shape index (κ2) is 6.64. The number of nitrogens with two attached hydrogens (primary N) is 1. The van der Waals surface area contributed by atoms with Crippen molar-refractivity contribution in [1.29, 1.82) is 0 Å². The van der Waals surface area contributed by atoms with Gasteiger partial charge in [0.15, 0.2) is 0 Å². The van der Waals surface area contributed by atoms with Gasteiger partial charge in [0, 0.05) is 31.4 Å². The highest BCUT2D eigenvalue weighted by molar-refractivity contribution is 5.03. The summed E-state index contributed by atoms with van der Waals surface area (Å²) in [6.45, 7) is 5.20. The molecule has 0 aliphatic rings. The van der Waals surface area contributed by atoms with E-state index < -0.39 is 0 Å². The van der Waals surface area contributed by atoms with E-state index >= 15 is 0 Å². The van der Waals surface area contributed by atoms with E-state index in [2.05, 4.69) is 29.9 Å². The standard InChI is InChI=1S/C12H23N3/c1-3-11(9-13)10-15(2)8-6-12-5-4-7-14-12/h4-5,7,11,14H,3,6,8-10,13H2,1-2H3. The van der Waals surface area contributed by atoms with Crippen molar-refractivity contribution in [3.63, 3.8) is 0 Å². The number of aromatic amines is 1. The summed E-state index contributed by atoms with van der Waals surface area (Å²) >= 11 is 0. The fourth-order valence-corrected chi connectivity index (χ4v) is 1.74. The van der Waals surface area contributed by atoms with Crippen molar-refractivity contribution in [2.24, 2.45) is 11.7 Å². The zero-order chi connectivity index (χ0) is 11.1. The topological polar surface area (TPSA) is 45.0 Å². The molecule has 0 aliphatic carbocycles. The Morgan fingerprint density at radius 3 is 2.87 bits per heavy atom. The van der Waals surface area contributed by atoms with E-state index in [1.165, 1.54) is 12.1 Å². The predicted octanol–water partition coefficient (Wildman–Crippen LogP) is 1.47. The monoisotopic (exact) mass is 209 g/mol. The Balaban J connectivity index is 2.21. The molecule has 0 bridgehead atoms. The minimum atomic E-state index is 0.638. The Bertz CT molecular complexity index is 239. The SMILES string of the molecule is CCC(CN)CN(C)CCc1ccc[nH]1. The summed E-state index contributed by atoms with van der Waals surface area (Å²) in [7, 11) is 2.17. The van der Waals surface area contributed by atoms with E-state index in [1.54, 1.807) is 0 Å². The van der Waals surface area contributed by atoms with Gasteiger partial charge in [0.2, 0.25) is 0 Å². The molecule has 0 saturated carbocycles. The molecule has 1 rings (SSSR count). The first kappa shape index (κ1) is 12.3. The van der Waals surface area contributed by atoms with Gasteiger partial charge in [-0.2, -0.15) is 0 Å². The Labute approximate surface area is 92.7 Å². The van der Waals surface area contributed by atoms with Crippen LogP contribution in [-0.2, 0) is 6.42 Å². The first-order valence-corrected chi connectivity index (χ1v) is 5.77. The van der Waals surface area contributed by atoms with E-state index in [4.69, 9.17) is 5.73 Å². The van der Waals surface area contributed by atoms with Gasteiger partial charge in [-0.15, -0.1) is 0 Å². The Morgan fingerprint density at radius 1 is 1.53 bits per heavy atom. The highest BCUT2D eigenvalue weighted by atomic mass is 15.1. The quantitative estimate of drug-likeness (QED) is 0.714. The Morgan fingerprint density at radius 2 is 2.33 bits per heavy atom. The molecule has 1 aromatic heterocycles. The highest BCUT2D eigenvalue weighted by Crippen LogP contribution is 2.03. The van der Waals surface area contributed by atoms with Crippen LogP contribution in [0.25, 0.3) is 0 Å². The third kappa shape index (κ3) is 4.49. The maximum absolute atomic E-state index is 5.69. The van der Waals surface area contributed by atoms with E-state index in [0.29, 0.717) is 5.92 Å². The van der Waals surface area contributed by atoms with Crippen LogP contribution in [0.5, 0.6) is 0 Å². The minimum absolute atomic E-state index is 0.638. The number of nitrogens with one attached hydrogen (secondary N) is 1. The van der Waals surface area contributed by atoms with Crippen molar-refractivity contribution in [3.05, 3.63) is 24.0 Å². The van der Waals surface area contributed by atoms with E-state index in [9.17, 15) is 0 Å². The van der Waals surface area contributed by atoms with Gasteiger partial charge in [-0.3, -0.25) is 0 Å². The van der Waals surface area contributed by atoms with E-state index in [0.717, 1.165) is 26.1 Å². The number of aromatic nitrogens is 1. The summed E-state index contributed by atoms with van der Waals surface area (Å²) in [6, 6.07) is 4.18. The van der Waals surface area contributed by atoms with Crippen LogP contribution >= 0.6 is 0 Å². The van der Waals surface area contributed by atoms with Gasteiger partial charge in [0.25, 0.3) is 0 Å². The second-order valence-corrected chi connectivity index (χ2v) is 4.22. The lowest BCUT2D eigenvalue weighted by atomic mass is 10.1. The normalized spacial score (nSPS) is 13.3. The average molecular weight is 209 g/mol.